The highest BCUT2D eigenvalue weighted by Gasteiger charge is 2.08. The van der Waals surface area contributed by atoms with Gasteiger partial charge in [-0.05, 0) is 18.0 Å². The second-order valence-electron chi connectivity index (χ2n) is 4.80. The van der Waals surface area contributed by atoms with Gasteiger partial charge in [0.05, 0.1) is 12.4 Å². The summed E-state index contributed by atoms with van der Waals surface area (Å²) < 4.78 is 2.03. The lowest BCUT2D eigenvalue weighted by molar-refractivity contribution is -0.556. The first-order valence-electron chi connectivity index (χ1n) is 6.38. The van der Waals surface area contributed by atoms with E-state index in [1.54, 1.807) is 0 Å². The fourth-order valence-electron chi connectivity index (χ4n) is 1.85. The van der Waals surface area contributed by atoms with Crippen LogP contribution in [0.1, 0.15) is 12.5 Å². The molecule has 0 saturated carbocycles. The number of hydrogen-bond acceptors (Lipinski definition) is 2. The van der Waals surface area contributed by atoms with Crippen LogP contribution in [0, 0.1) is 6.92 Å². The van der Waals surface area contributed by atoms with Gasteiger partial charge < -0.3 is 4.90 Å². The summed E-state index contributed by atoms with van der Waals surface area (Å²) in [4.78, 5) is 6.75. The van der Waals surface area contributed by atoms with E-state index in [1.165, 1.54) is 11.3 Å². The van der Waals surface area contributed by atoms with E-state index in [-0.39, 0.29) is 0 Å². The lowest BCUT2D eigenvalue weighted by Gasteiger charge is -2.11. The van der Waals surface area contributed by atoms with Crippen LogP contribution >= 0.6 is 0 Å². The third-order valence-electron chi connectivity index (χ3n) is 3.10. The van der Waals surface area contributed by atoms with E-state index < -0.39 is 0 Å². The Morgan fingerprint density at radius 2 is 1.68 bits per heavy atom. The van der Waals surface area contributed by atoms with E-state index in [0.717, 1.165) is 11.5 Å². The molecule has 0 atom stereocenters. The Bertz CT molecular complexity index is 583. The Labute approximate surface area is 114 Å². The number of nitrogens with zero attached hydrogens (tertiary/aromatic N) is 3. The van der Waals surface area contributed by atoms with E-state index in [0.29, 0.717) is 0 Å². The zero-order valence-corrected chi connectivity index (χ0v) is 12.0. The van der Waals surface area contributed by atoms with Crippen molar-refractivity contribution in [2.24, 2.45) is 4.99 Å². The second kappa shape index (κ2) is 5.65. The first kappa shape index (κ1) is 13.3. The predicted octanol–water partition coefficient (Wildman–Crippen LogP) is 2.95. The first-order chi connectivity index (χ1) is 9.08. The van der Waals surface area contributed by atoms with Crippen molar-refractivity contribution in [3.05, 3.63) is 54.4 Å². The molecule has 0 amide bonds. The number of para-hydroxylation sites is 1. The summed E-state index contributed by atoms with van der Waals surface area (Å²) in [6.07, 6.45) is 4.07. The molecule has 0 unspecified atom stereocenters. The van der Waals surface area contributed by atoms with Crippen LogP contribution in [0.15, 0.2) is 53.8 Å². The maximum Gasteiger partial charge on any atom is 0.300 e. The van der Waals surface area contributed by atoms with Crippen LogP contribution in [0.25, 0.3) is 0 Å². The van der Waals surface area contributed by atoms with Crippen molar-refractivity contribution in [3.63, 3.8) is 0 Å². The zero-order valence-electron chi connectivity index (χ0n) is 12.0. The molecule has 1 heterocycles. The minimum Gasteiger partial charge on any atom is -0.377 e. The Hall–Kier alpha value is -2.16. The monoisotopic (exact) mass is 254 g/mol. The molecule has 0 N–H and O–H groups in total. The molecule has 0 bridgehead atoms. The van der Waals surface area contributed by atoms with Gasteiger partial charge >= 0.3 is 5.84 Å². The summed E-state index contributed by atoms with van der Waals surface area (Å²) in [5, 5.41) is 0. The molecule has 0 aliphatic heterocycles. The lowest BCUT2D eigenvalue weighted by atomic mass is 10.2. The summed E-state index contributed by atoms with van der Waals surface area (Å²) in [5.74, 6) is 0.958. The van der Waals surface area contributed by atoms with Gasteiger partial charge in [0.1, 0.15) is 0 Å². The third-order valence-corrected chi connectivity index (χ3v) is 3.10. The van der Waals surface area contributed by atoms with Gasteiger partial charge in [0, 0.05) is 44.4 Å². The van der Waals surface area contributed by atoms with Crippen molar-refractivity contribution in [3.8, 4) is 0 Å². The molecule has 0 saturated heterocycles. The van der Waals surface area contributed by atoms with Gasteiger partial charge in [-0.15, -0.1) is 0 Å². The van der Waals surface area contributed by atoms with Crippen LogP contribution in [0.4, 0.5) is 11.4 Å². The molecular weight excluding hydrogens is 234 g/mol. The summed E-state index contributed by atoms with van der Waals surface area (Å²) in [6, 6.07) is 12.3. The van der Waals surface area contributed by atoms with Crippen LogP contribution < -0.4 is 9.47 Å². The van der Waals surface area contributed by atoms with Gasteiger partial charge in [0.25, 0.3) is 0 Å². The topological polar surface area (TPSA) is 19.5 Å². The average molecular weight is 254 g/mol. The Morgan fingerprint density at radius 3 is 2.26 bits per heavy atom. The van der Waals surface area contributed by atoms with E-state index in [1.807, 2.05) is 56.2 Å². The van der Waals surface area contributed by atoms with Crippen molar-refractivity contribution in [1.82, 2.24) is 0 Å². The Morgan fingerprint density at radius 1 is 1.05 bits per heavy atom. The molecular formula is C16H20N3+. The molecule has 19 heavy (non-hydrogen) atoms. The number of anilines is 1. The van der Waals surface area contributed by atoms with E-state index in [9.17, 15) is 0 Å². The third kappa shape index (κ3) is 3.19. The van der Waals surface area contributed by atoms with Crippen molar-refractivity contribution >= 4 is 17.2 Å². The maximum atomic E-state index is 4.67. The second-order valence-corrected chi connectivity index (χ2v) is 4.80. The van der Waals surface area contributed by atoms with Crippen LogP contribution in [0.5, 0.6) is 0 Å². The largest absolute Gasteiger partial charge is 0.377 e. The molecule has 2 rings (SSSR count). The highest BCUT2D eigenvalue weighted by Crippen LogP contribution is 2.16. The molecule has 3 heteroatoms. The van der Waals surface area contributed by atoms with Gasteiger partial charge in [0.2, 0.25) is 0 Å². The van der Waals surface area contributed by atoms with E-state index in [2.05, 4.69) is 35.0 Å². The number of aromatic nitrogens is 1. The fourth-order valence-corrected chi connectivity index (χ4v) is 1.85. The van der Waals surface area contributed by atoms with Gasteiger partial charge in [-0.1, -0.05) is 18.2 Å². The Kier molecular flexibility index (Phi) is 3.95. The smallest absolute Gasteiger partial charge is 0.300 e. The Balaban J connectivity index is 2.29. The molecule has 1 aromatic heterocycles. The van der Waals surface area contributed by atoms with Gasteiger partial charge in [0.15, 0.2) is 5.69 Å². The SMILES string of the molecule is CC(=Nc1ccccc1C)[n+]1ccc(N(C)C)cc1. The molecule has 0 spiro atoms. The summed E-state index contributed by atoms with van der Waals surface area (Å²) in [7, 11) is 4.07. The number of aliphatic imine (C=N–C) groups is 1. The van der Waals surface area contributed by atoms with Gasteiger partial charge in [-0.25, -0.2) is 4.57 Å². The van der Waals surface area contributed by atoms with Gasteiger partial charge in [-0.2, -0.15) is 0 Å². The van der Waals surface area contributed by atoms with Crippen LogP contribution in [-0.2, 0) is 0 Å². The highest BCUT2D eigenvalue weighted by molar-refractivity contribution is 5.74. The summed E-state index contributed by atoms with van der Waals surface area (Å²) >= 11 is 0. The van der Waals surface area contributed by atoms with Crippen LogP contribution in [0.3, 0.4) is 0 Å². The summed E-state index contributed by atoms with van der Waals surface area (Å²) in [6.45, 7) is 4.09. The van der Waals surface area contributed by atoms with Gasteiger partial charge in [-0.3, -0.25) is 0 Å². The number of rotatable bonds is 2. The number of benzene rings is 1. The number of pyridine rings is 1. The minimum absolute atomic E-state index is 0.958. The predicted molar refractivity (Wildman–Crippen MR) is 80.3 cm³/mol. The molecule has 1 aromatic carbocycles. The van der Waals surface area contributed by atoms with Crippen molar-refractivity contribution in [2.75, 3.05) is 19.0 Å². The first-order valence-corrected chi connectivity index (χ1v) is 6.38. The minimum atomic E-state index is 0.958. The molecule has 0 radical (unpaired) electrons. The fraction of sp³-hybridized carbons (Fsp3) is 0.250. The quantitative estimate of drug-likeness (QED) is 0.458. The van der Waals surface area contributed by atoms with Crippen molar-refractivity contribution in [2.45, 2.75) is 13.8 Å². The lowest BCUT2D eigenvalue weighted by Crippen LogP contribution is -2.40. The number of hydrogen-bond donors (Lipinski definition) is 0. The average Bonchev–Trinajstić information content (AvgIpc) is 2.41. The molecule has 0 fully saturated rings. The van der Waals surface area contributed by atoms with Crippen LogP contribution in [-0.4, -0.2) is 19.9 Å². The highest BCUT2D eigenvalue weighted by atomic mass is 15.1. The van der Waals surface area contributed by atoms with E-state index in [4.69, 9.17) is 0 Å². The number of aryl methyl sites for hydroxylation is 1. The normalized spacial score (nSPS) is 11.5. The zero-order chi connectivity index (χ0) is 13.8. The molecule has 2 aromatic rings. The van der Waals surface area contributed by atoms with E-state index >= 15 is 0 Å². The van der Waals surface area contributed by atoms with Crippen molar-refractivity contribution < 1.29 is 4.57 Å². The standard InChI is InChI=1S/C16H20N3/c1-13-7-5-6-8-16(13)17-14(2)19-11-9-15(10-12-19)18(3)4/h5-12H,1-4H3/q+1. The van der Waals surface area contributed by atoms with Crippen molar-refractivity contribution in [1.29, 1.82) is 0 Å². The molecule has 3 nitrogen and oxygen atoms in total. The summed E-state index contributed by atoms with van der Waals surface area (Å²) in [5.41, 5.74) is 3.39. The molecule has 0 aliphatic rings. The van der Waals surface area contributed by atoms with Crippen LogP contribution in [0.2, 0.25) is 0 Å². The molecule has 0 aliphatic carbocycles. The molecule has 98 valence electrons. The maximum absolute atomic E-state index is 4.67.